The van der Waals surface area contributed by atoms with Gasteiger partial charge in [-0.25, -0.2) is 4.98 Å². The highest BCUT2D eigenvalue weighted by Crippen LogP contribution is 2.25. The number of nitrogens with one attached hydrogen (secondary N) is 1. The van der Waals surface area contributed by atoms with Crippen LogP contribution < -0.4 is 5.32 Å². The highest BCUT2D eigenvalue weighted by atomic mass is 16.2. The van der Waals surface area contributed by atoms with E-state index in [0.717, 1.165) is 18.7 Å². The molecule has 1 unspecified atom stereocenters. The van der Waals surface area contributed by atoms with Crippen LogP contribution >= 0.6 is 0 Å². The largest absolute Gasteiger partial charge is 0.352 e. The Labute approximate surface area is 109 Å². The number of nitrogens with zero attached hydrogens (tertiary/aromatic N) is 2. The minimum atomic E-state index is -0.165. The number of carbonyl (C=O) groups excluding carboxylic acids is 1. The van der Waals surface area contributed by atoms with Gasteiger partial charge in [0.1, 0.15) is 11.9 Å². The van der Waals surface area contributed by atoms with Crippen molar-refractivity contribution in [3.8, 4) is 0 Å². The summed E-state index contributed by atoms with van der Waals surface area (Å²) in [4.78, 5) is 16.7. The van der Waals surface area contributed by atoms with Gasteiger partial charge in [-0.2, -0.15) is 0 Å². The van der Waals surface area contributed by atoms with Gasteiger partial charge in [-0.05, 0) is 53.4 Å². The van der Waals surface area contributed by atoms with Crippen LogP contribution in [-0.2, 0) is 17.6 Å². The van der Waals surface area contributed by atoms with Crippen molar-refractivity contribution in [2.45, 2.75) is 65.5 Å². The molecule has 0 fully saturated rings. The van der Waals surface area contributed by atoms with Crippen LogP contribution in [0, 0.1) is 6.92 Å². The summed E-state index contributed by atoms with van der Waals surface area (Å²) >= 11 is 0. The van der Waals surface area contributed by atoms with Crippen LogP contribution in [-0.4, -0.2) is 21.5 Å². The highest BCUT2D eigenvalue weighted by molar-refractivity contribution is 5.80. The highest BCUT2D eigenvalue weighted by Gasteiger charge is 2.24. The third-order valence-corrected chi connectivity index (χ3v) is 3.54. The lowest BCUT2D eigenvalue weighted by Gasteiger charge is -2.21. The second kappa shape index (κ2) is 5.12. The molecule has 1 amide bonds. The molecule has 0 aliphatic heterocycles. The monoisotopic (exact) mass is 249 g/mol. The Morgan fingerprint density at radius 3 is 2.61 bits per heavy atom. The average Bonchev–Trinajstić information content (AvgIpc) is 2.63. The summed E-state index contributed by atoms with van der Waals surface area (Å²) in [7, 11) is 0. The summed E-state index contributed by atoms with van der Waals surface area (Å²) in [5.74, 6) is 1.05. The Morgan fingerprint density at radius 1 is 1.28 bits per heavy atom. The zero-order valence-electron chi connectivity index (χ0n) is 11.8. The maximum Gasteiger partial charge on any atom is 0.243 e. The summed E-state index contributed by atoms with van der Waals surface area (Å²) in [5, 5.41) is 2.98. The molecule has 4 nitrogen and oxygen atoms in total. The normalized spacial score (nSPS) is 16.5. The molecular weight excluding hydrogens is 226 g/mol. The van der Waals surface area contributed by atoms with E-state index in [9.17, 15) is 4.79 Å². The SMILES string of the molecule is Cc1nc2c(n1C(C)C(=O)NC(C)C)CCCC2. The summed E-state index contributed by atoms with van der Waals surface area (Å²) in [6.07, 6.45) is 4.53. The molecule has 1 aliphatic rings. The molecule has 0 aromatic carbocycles. The van der Waals surface area contributed by atoms with E-state index >= 15 is 0 Å². The number of hydrogen-bond donors (Lipinski definition) is 1. The summed E-state index contributed by atoms with van der Waals surface area (Å²) in [6.45, 7) is 7.93. The van der Waals surface area contributed by atoms with Crippen molar-refractivity contribution in [1.29, 1.82) is 0 Å². The molecule has 0 saturated carbocycles. The molecule has 1 atom stereocenters. The van der Waals surface area contributed by atoms with Crippen molar-refractivity contribution in [1.82, 2.24) is 14.9 Å². The van der Waals surface area contributed by atoms with Crippen LogP contribution in [0.15, 0.2) is 0 Å². The first-order chi connectivity index (χ1) is 8.50. The first-order valence-electron chi connectivity index (χ1n) is 6.87. The van der Waals surface area contributed by atoms with Crippen LogP contribution in [0.1, 0.15) is 56.9 Å². The molecule has 1 N–H and O–H groups in total. The molecule has 1 aromatic heterocycles. The van der Waals surface area contributed by atoms with Crippen molar-refractivity contribution < 1.29 is 4.79 Å². The fourth-order valence-electron chi connectivity index (χ4n) is 2.73. The lowest BCUT2D eigenvalue weighted by molar-refractivity contribution is -0.124. The predicted octanol–water partition coefficient (Wildman–Crippen LogP) is 2.16. The Kier molecular flexibility index (Phi) is 3.73. The van der Waals surface area contributed by atoms with E-state index in [-0.39, 0.29) is 18.0 Å². The van der Waals surface area contributed by atoms with E-state index in [1.807, 2.05) is 27.7 Å². The molecule has 4 heteroatoms. The number of aromatic nitrogens is 2. The molecule has 1 aliphatic carbocycles. The molecular formula is C14H23N3O. The smallest absolute Gasteiger partial charge is 0.243 e. The fourth-order valence-corrected chi connectivity index (χ4v) is 2.73. The van der Waals surface area contributed by atoms with Gasteiger partial charge in [-0.3, -0.25) is 4.79 Å². The minimum absolute atomic E-state index is 0.0823. The molecule has 0 spiro atoms. The topological polar surface area (TPSA) is 46.9 Å². The predicted molar refractivity (Wildman–Crippen MR) is 71.6 cm³/mol. The lowest BCUT2D eigenvalue weighted by Crippen LogP contribution is -2.36. The van der Waals surface area contributed by atoms with Gasteiger partial charge in [0.15, 0.2) is 0 Å². The third-order valence-electron chi connectivity index (χ3n) is 3.54. The van der Waals surface area contributed by atoms with Gasteiger partial charge in [0.05, 0.1) is 5.69 Å². The third kappa shape index (κ3) is 2.42. The van der Waals surface area contributed by atoms with Crippen LogP contribution in [0.5, 0.6) is 0 Å². The Balaban J connectivity index is 2.27. The first kappa shape index (κ1) is 13.1. The Bertz CT molecular complexity index is 448. The molecule has 0 radical (unpaired) electrons. The average molecular weight is 249 g/mol. The van der Waals surface area contributed by atoms with Gasteiger partial charge in [0.25, 0.3) is 0 Å². The summed E-state index contributed by atoms with van der Waals surface area (Å²) in [6, 6.07) is 0.0151. The van der Waals surface area contributed by atoms with Gasteiger partial charge in [0, 0.05) is 11.7 Å². The number of rotatable bonds is 3. The first-order valence-corrected chi connectivity index (χ1v) is 6.87. The molecule has 100 valence electrons. The van der Waals surface area contributed by atoms with Crippen LogP contribution in [0.4, 0.5) is 0 Å². The van der Waals surface area contributed by atoms with Crippen LogP contribution in [0.3, 0.4) is 0 Å². The van der Waals surface area contributed by atoms with E-state index in [1.54, 1.807) is 0 Å². The number of carbonyl (C=O) groups is 1. The second-order valence-corrected chi connectivity index (χ2v) is 5.47. The standard InChI is InChI=1S/C14H23N3O/c1-9(2)15-14(18)10(3)17-11(4)16-12-7-5-6-8-13(12)17/h9-10H,5-8H2,1-4H3,(H,15,18). The fraction of sp³-hybridized carbons (Fsp3) is 0.714. The second-order valence-electron chi connectivity index (χ2n) is 5.47. The van der Waals surface area contributed by atoms with E-state index < -0.39 is 0 Å². The van der Waals surface area contributed by atoms with E-state index in [1.165, 1.54) is 24.2 Å². The van der Waals surface area contributed by atoms with E-state index in [2.05, 4.69) is 14.9 Å². The molecule has 1 heterocycles. The number of fused-ring (bicyclic) bond motifs is 1. The number of aryl methyl sites for hydroxylation is 2. The van der Waals surface area contributed by atoms with E-state index in [0.29, 0.717) is 0 Å². The van der Waals surface area contributed by atoms with Gasteiger partial charge in [-0.15, -0.1) is 0 Å². The van der Waals surface area contributed by atoms with Crippen molar-refractivity contribution in [2.24, 2.45) is 0 Å². The quantitative estimate of drug-likeness (QED) is 0.892. The molecule has 1 aromatic rings. The Hall–Kier alpha value is -1.32. The van der Waals surface area contributed by atoms with Crippen molar-refractivity contribution in [3.63, 3.8) is 0 Å². The van der Waals surface area contributed by atoms with Crippen LogP contribution in [0.2, 0.25) is 0 Å². The van der Waals surface area contributed by atoms with Gasteiger partial charge in [0.2, 0.25) is 5.91 Å². The van der Waals surface area contributed by atoms with Crippen molar-refractivity contribution >= 4 is 5.91 Å². The Morgan fingerprint density at radius 2 is 1.94 bits per heavy atom. The molecule has 18 heavy (non-hydrogen) atoms. The maximum atomic E-state index is 12.1. The molecule has 0 saturated heterocycles. The van der Waals surface area contributed by atoms with E-state index in [4.69, 9.17) is 0 Å². The number of amides is 1. The lowest BCUT2D eigenvalue weighted by atomic mass is 10.0. The number of hydrogen-bond acceptors (Lipinski definition) is 2. The van der Waals surface area contributed by atoms with Crippen molar-refractivity contribution in [3.05, 3.63) is 17.2 Å². The van der Waals surface area contributed by atoms with Gasteiger partial charge in [-0.1, -0.05) is 0 Å². The van der Waals surface area contributed by atoms with Gasteiger partial charge >= 0.3 is 0 Å². The maximum absolute atomic E-state index is 12.1. The zero-order chi connectivity index (χ0) is 13.3. The minimum Gasteiger partial charge on any atom is -0.352 e. The summed E-state index contributed by atoms with van der Waals surface area (Å²) in [5.41, 5.74) is 2.47. The molecule has 2 rings (SSSR count). The summed E-state index contributed by atoms with van der Waals surface area (Å²) < 4.78 is 2.12. The molecule has 0 bridgehead atoms. The van der Waals surface area contributed by atoms with Crippen molar-refractivity contribution in [2.75, 3.05) is 0 Å². The zero-order valence-corrected chi connectivity index (χ0v) is 11.8. The van der Waals surface area contributed by atoms with Gasteiger partial charge < -0.3 is 9.88 Å². The van der Waals surface area contributed by atoms with Crippen LogP contribution in [0.25, 0.3) is 0 Å². The number of imidazole rings is 1.